The zero-order valence-corrected chi connectivity index (χ0v) is 17.5. The van der Waals surface area contributed by atoms with Gasteiger partial charge in [0.05, 0.1) is 5.52 Å². The molecule has 1 fully saturated rings. The quantitative estimate of drug-likeness (QED) is 0.641. The molecule has 4 rings (SSSR count). The van der Waals surface area contributed by atoms with E-state index in [1.165, 1.54) is 0 Å². The van der Waals surface area contributed by atoms with Crippen molar-refractivity contribution in [3.8, 4) is 5.75 Å². The van der Waals surface area contributed by atoms with E-state index in [0.717, 1.165) is 22.2 Å². The SMILES string of the molecule is Cc1cc(COc2ccc(C(=O)NN3CCC(C(N)=O)CC3)cc2)c2ccccc2n1. The first-order valence-electron chi connectivity index (χ1n) is 10.4. The van der Waals surface area contributed by atoms with Crippen LogP contribution in [0.3, 0.4) is 0 Å². The molecule has 31 heavy (non-hydrogen) atoms. The zero-order chi connectivity index (χ0) is 21.8. The topological polar surface area (TPSA) is 97.5 Å². The van der Waals surface area contributed by atoms with Crippen molar-refractivity contribution in [3.05, 3.63) is 71.4 Å². The maximum Gasteiger partial charge on any atom is 0.265 e. The summed E-state index contributed by atoms with van der Waals surface area (Å²) in [6.45, 7) is 3.61. The van der Waals surface area contributed by atoms with Crippen LogP contribution in [0.4, 0.5) is 0 Å². The fourth-order valence-electron chi connectivity index (χ4n) is 3.86. The van der Waals surface area contributed by atoms with Crippen LogP contribution in [0.5, 0.6) is 5.75 Å². The minimum Gasteiger partial charge on any atom is -0.489 e. The van der Waals surface area contributed by atoms with Gasteiger partial charge in [0.25, 0.3) is 5.91 Å². The molecule has 0 atom stereocenters. The molecular weight excluding hydrogens is 392 g/mol. The molecule has 0 unspecified atom stereocenters. The van der Waals surface area contributed by atoms with Crippen LogP contribution in [-0.2, 0) is 11.4 Å². The van der Waals surface area contributed by atoms with Gasteiger partial charge >= 0.3 is 0 Å². The Morgan fingerprint density at radius 3 is 2.55 bits per heavy atom. The number of ether oxygens (including phenoxy) is 1. The van der Waals surface area contributed by atoms with Crippen molar-refractivity contribution in [3.63, 3.8) is 0 Å². The van der Waals surface area contributed by atoms with Crippen LogP contribution in [0.2, 0.25) is 0 Å². The lowest BCUT2D eigenvalue weighted by Gasteiger charge is -2.30. The maximum absolute atomic E-state index is 12.5. The van der Waals surface area contributed by atoms with Crippen molar-refractivity contribution in [2.45, 2.75) is 26.4 Å². The smallest absolute Gasteiger partial charge is 0.265 e. The first-order valence-corrected chi connectivity index (χ1v) is 10.4. The van der Waals surface area contributed by atoms with Gasteiger partial charge in [0.2, 0.25) is 5.91 Å². The number of pyridine rings is 1. The highest BCUT2D eigenvalue weighted by Crippen LogP contribution is 2.21. The first-order chi connectivity index (χ1) is 15.0. The Bertz CT molecular complexity index is 1090. The molecule has 160 valence electrons. The molecule has 1 aliphatic rings. The molecule has 7 heteroatoms. The lowest BCUT2D eigenvalue weighted by atomic mass is 9.97. The minimum atomic E-state index is -0.267. The molecule has 3 aromatic rings. The monoisotopic (exact) mass is 418 g/mol. The Balaban J connectivity index is 1.35. The van der Waals surface area contributed by atoms with Gasteiger partial charge in [-0.25, -0.2) is 5.01 Å². The number of carbonyl (C=O) groups is 2. The molecule has 1 aromatic heterocycles. The van der Waals surface area contributed by atoms with Crippen LogP contribution in [0.1, 0.15) is 34.5 Å². The van der Waals surface area contributed by atoms with Crippen LogP contribution in [0.25, 0.3) is 10.9 Å². The second-order valence-electron chi connectivity index (χ2n) is 7.86. The number of fused-ring (bicyclic) bond motifs is 1. The fourth-order valence-corrected chi connectivity index (χ4v) is 3.86. The Morgan fingerprint density at radius 2 is 1.84 bits per heavy atom. The van der Waals surface area contributed by atoms with Crippen molar-refractivity contribution in [1.82, 2.24) is 15.4 Å². The number of rotatable bonds is 6. The number of carbonyl (C=O) groups excluding carboxylic acids is 2. The molecular formula is C24H26N4O3. The van der Waals surface area contributed by atoms with Crippen molar-refractivity contribution in [2.24, 2.45) is 11.7 Å². The van der Waals surface area contributed by atoms with Crippen molar-refractivity contribution < 1.29 is 14.3 Å². The molecule has 2 aromatic carbocycles. The van der Waals surface area contributed by atoms with Crippen LogP contribution < -0.4 is 15.9 Å². The third kappa shape index (κ3) is 5.00. The van der Waals surface area contributed by atoms with Crippen molar-refractivity contribution in [2.75, 3.05) is 13.1 Å². The van der Waals surface area contributed by atoms with Gasteiger partial charge in [-0.2, -0.15) is 0 Å². The minimum absolute atomic E-state index is 0.106. The van der Waals surface area contributed by atoms with Crippen LogP contribution in [-0.4, -0.2) is 34.9 Å². The zero-order valence-electron chi connectivity index (χ0n) is 17.5. The highest BCUT2D eigenvalue weighted by Gasteiger charge is 2.24. The highest BCUT2D eigenvalue weighted by molar-refractivity contribution is 5.94. The lowest BCUT2D eigenvalue weighted by Crippen LogP contribution is -2.48. The molecule has 7 nitrogen and oxygen atoms in total. The molecule has 0 bridgehead atoms. The van der Waals surface area contributed by atoms with E-state index in [4.69, 9.17) is 10.5 Å². The average Bonchev–Trinajstić information content (AvgIpc) is 2.78. The van der Waals surface area contributed by atoms with E-state index in [1.54, 1.807) is 24.3 Å². The summed E-state index contributed by atoms with van der Waals surface area (Å²) in [5.74, 6) is 0.138. The number of primary amides is 1. The molecule has 0 spiro atoms. The number of nitrogens with two attached hydrogens (primary N) is 1. The van der Waals surface area contributed by atoms with E-state index >= 15 is 0 Å². The molecule has 1 saturated heterocycles. The second kappa shape index (κ2) is 9.14. The van der Waals surface area contributed by atoms with Gasteiger partial charge in [-0.1, -0.05) is 18.2 Å². The second-order valence-corrected chi connectivity index (χ2v) is 7.86. The number of nitrogens with one attached hydrogen (secondary N) is 1. The maximum atomic E-state index is 12.5. The van der Waals surface area contributed by atoms with E-state index < -0.39 is 0 Å². The molecule has 0 saturated carbocycles. The Hall–Kier alpha value is -3.45. The summed E-state index contributed by atoms with van der Waals surface area (Å²) in [4.78, 5) is 28.3. The molecule has 3 N–H and O–H groups in total. The van der Waals surface area contributed by atoms with Gasteiger partial charge in [0.15, 0.2) is 0 Å². The number of hydrazine groups is 1. The van der Waals surface area contributed by atoms with Gasteiger partial charge in [0.1, 0.15) is 12.4 Å². The van der Waals surface area contributed by atoms with Crippen molar-refractivity contribution in [1.29, 1.82) is 0 Å². The van der Waals surface area contributed by atoms with Crippen molar-refractivity contribution >= 4 is 22.7 Å². The number of nitrogens with zero attached hydrogens (tertiary/aromatic N) is 2. The fraction of sp³-hybridized carbons (Fsp3) is 0.292. The van der Waals surface area contributed by atoms with Gasteiger partial charge in [0, 0.05) is 41.2 Å². The van der Waals surface area contributed by atoms with E-state index in [-0.39, 0.29) is 17.7 Å². The van der Waals surface area contributed by atoms with Gasteiger partial charge in [-0.05, 0) is 56.2 Å². The average molecular weight is 418 g/mol. The van der Waals surface area contributed by atoms with E-state index in [0.29, 0.717) is 43.9 Å². The number of amides is 2. The Morgan fingerprint density at radius 1 is 1.13 bits per heavy atom. The van der Waals surface area contributed by atoms with E-state index in [2.05, 4.69) is 10.4 Å². The van der Waals surface area contributed by atoms with Crippen LogP contribution in [0, 0.1) is 12.8 Å². The Kier molecular flexibility index (Phi) is 6.13. The molecule has 2 amide bonds. The standard InChI is InChI=1S/C24H26N4O3/c1-16-14-19(21-4-2-3-5-22(21)26-16)15-31-20-8-6-18(7-9-20)24(30)27-28-12-10-17(11-13-28)23(25)29/h2-9,14,17H,10-13,15H2,1H3,(H2,25,29)(H,27,30). The summed E-state index contributed by atoms with van der Waals surface area (Å²) >= 11 is 0. The van der Waals surface area contributed by atoms with Crippen LogP contribution >= 0.6 is 0 Å². The van der Waals surface area contributed by atoms with Gasteiger partial charge < -0.3 is 10.5 Å². The molecule has 0 aliphatic carbocycles. The first kappa shape index (κ1) is 20.8. The Labute approximate surface area is 181 Å². The lowest BCUT2D eigenvalue weighted by molar-refractivity contribution is -0.123. The molecule has 0 radical (unpaired) electrons. The molecule has 1 aliphatic heterocycles. The highest BCUT2D eigenvalue weighted by atomic mass is 16.5. The number of aromatic nitrogens is 1. The summed E-state index contributed by atoms with van der Waals surface area (Å²) in [7, 11) is 0. The largest absolute Gasteiger partial charge is 0.489 e. The summed E-state index contributed by atoms with van der Waals surface area (Å²) in [5.41, 5.74) is 11.8. The summed E-state index contributed by atoms with van der Waals surface area (Å²) in [5, 5.41) is 2.91. The van der Waals surface area contributed by atoms with E-state index in [9.17, 15) is 9.59 Å². The number of hydrogen-bond donors (Lipinski definition) is 2. The van der Waals surface area contributed by atoms with Gasteiger partial charge in [-0.15, -0.1) is 0 Å². The number of piperidine rings is 1. The number of hydrogen-bond acceptors (Lipinski definition) is 5. The summed E-state index contributed by atoms with van der Waals surface area (Å²) < 4.78 is 5.96. The normalized spacial score (nSPS) is 15.0. The van der Waals surface area contributed by atoms with E-state index in [1.807, 2.05) is 42.3 Å². The summed E-state index contributed by atoms with van der Waals surface area (Å²) in [6.07, 6.45) is 1.32. The van der Waals surface area contributed by atoms with Crippen LogP contribution in [0.15, 0.2) is 54.6 Å². The predicted octanol–water partition coefficient (Wildman–Crippen LogP) is 2.96. The number of aryl methyl sites for hydroxylation is 1. The third-order valence-corrected chi connectivity index (χ3v) is 5.60. The number of benzene rings is 2. The third-order valence-electron chi connectivity index (χ3n) is 5.60. The predicted molar refractivity (Wildman–Crippen MR) is 118 cm³/mol. The summed E-state index contributed by atoms with van der Waals surface area (Å²) in [6, 6.07) is 17.1. The number of para-hydroxylation sites is 1. The molecule has 2 heterocycles. The van der Waals surface area contributed by atoms with Gasteiger partial charge in [-0.3, -0.25) is 20.0 Å².